The maximum absolute atomic E-state index is 6.34. The topological polar surface area (TPSA) is 54.2 Å². The van der Waals surface area contributed by atoms with E-state index in [0.717, 1.165) is 61.7 Å². The van der Waals surface area contributed by atoms with Gasteiger partial charge in [-0.25, -0.2) is 9.97 Å². The molecule has 0 amide bonds. The van der Waals surface area contributed by atoms with Crippen LogP contribution in [0.1, 0.15) is 44.4 Å². The van der Waals surface area contributed by atoms with Crippen molar-refractivity contribution < 1.29 is 4.42 Å². The molecule has 1 aliphatic heterocycles. The second-order valence-corrected chi connectivity index (χ2v) is 7.11. The summed E-state index contributed by atoms with van der Waals surface area (Å²) in [5, 5.41) is 3.44. The highest BCUT2D eigenvalue weighted by molar-refractivity contribution is 5.87. The largest absolute Gasteiger partial charge is 0.455 e. The van der Waals surface area contributed by atoms with E-state index < -0.39 is 0 Å². The predicted molar refractivity (Wildman–Crippen MR) is 87.5 cm³/mol. The number of aromatic nitrogens is 2. The van der Waals surface area contributed by atoms with Crippen LogP contribution < -0.4 is 10.2 Å². The summed E-state index contributed by atoms with van der Waals surface area (Å²) in [5.74, 6) is 2.10. The first-order chi connectivity index (χ1) is 10.7. The average molecular weight is 300 g/mol. The molecule has 1 N–H and O–H groups in total. The maximum atomic E-state index is 6.34. The van der Waals surface area contributed by atoms with Crippen molar-refractivity contribution in [3.8, 4) is 0 Å². The van der Waals surface area contributed by atoms with Gasteiger partial charge in [-0.3, -0.25) is 0 Å². The van der Waals surface area contributed by atoms with E-state index in [4.69, 9.17) is 4.42 Å². The van der Waals surface area contributed by atoms with Gasteiger partial charge in [0.15, 0.2) is 11.4 Å². The van der Waals surface area contributed by atoms with Crippen molar-refractivity contribution in [2.45, 2.75) is 44.9 Å². The molecule has 118 valence electrons. The molecule has 1 fully saturated rings. The van der Waals surface area contributed by atoms with Crippen LogP contribution in [0, 0.1) is 0 Å². The molecule has 1 aliphatic carbocycles. The Balaban J connectivity index is 1.85. The Morgan fingerprint density at radius 1 is 1.18 bits per heavy atom. The van der Waals surface area contributed by atoms with Gasteiger partial charge in [0.05, 0.1) is 0 Å². The van der Waals surface area contributed by atoms with Gasteiger partial charge in [-0.05, 0) is 32.2 Å². The number of hydrogen-bond acceptors (Lipinski definition) is 5. The van der Waals surface area contributed by atoms with Crippen LogP contribution in [0.3, 0.4) is 0 Å². The molecule has 0 atom stereocenters. The van der Waals surface area contributed by atoms with Gasteiger partial charge in [-0.2, -0.15) is 0 Å². The first-order valence-electron chi connectivity index (χ1n) is 8.39. The van der Waals surface area contributed by atoms with E-state index in [2.05, 4.69) is 34.0 Å². The number of nitrogens with zero attached hydrogens (tertiary/aromatic N) is 3. The van der Waals surface area contributed by atoms with Gasteiger partial charge in [-0.15, -0.1) is 0 Å². The molecule has 22 heavy (non-hydrogen) atoms. The van der Waals surface area contributed by atoms with Gasteiger partial charge in [-0.1, -0.05) is 13.8 Å². The number of aryl methyl sites for hydroxylation is 1. The molecular weight excluding hydrogens is 276 g/mol. The predicted octanol–water partition coefficient (Wildman–Crippen LogP) is 2.64. The fourth-order valence-electron chi connectivity index (χ4n) is 3.83. The van der Waals surface area contributed by atoms with Gasteiger partial charge >= 0.3 is 0 Å². The van der Waals surface area contributed by atoms with Crippen molar-refractivity contribution in [1.82, 2.24) is 15.3 Å². The van der Waals surface area contributed by atoms with E-state index in [1.807, 2.05) is 0 Å². The van der Waals surface area contributed by atoms with Crippen LogP contribution in [-0.2, 0) is 11.8 Å². The molecule has 0 spiro atoms. The highest BCUT2D eigenvalue weighted by Crippen LogP contribution is 2.42. The highest BCUT2D eigenvalue weighted by atomic mass is 16.3. The third kappa shape index (κ3) is 2.19. The Labute approximate surface area is 131 Å². The van der Waals surface area contributed by atoms with Crippen LogP contribution in [0.4, 0.5) is 5.82 Å². The van der Waals surface area contributed by atoms with Crippen LogP contribution in [0.15, 0.2) is 10.7 Å². The Bertz CT molecular complexity index is 683. The zero-order chi connectivity index (χ0) is 15.2. The van der Waals surface area contributed by atoms with Gasteiger partial charge in [0.2, 0.25) is 0 Å². The molecule has 5 heteroatoms. The maximum Gasteiger partial charge on any atom is 0.195 e. The van der Waals surface area contributed by atoms with Crippen molar-refractivity contribution in [1.29, 1.82) is 0 Å². The summed E-state index contributed by atoms with van der Waals surface area (Å²) in [6, 6.07) is 0. The minimum Gasteiger partial charge on any atom is -0.455 e. The SMILES string of the molecule is CC1(C)CCCc2c1oc1c(N3CCCNCC3)ncnc21. The molecule has 0 bridgehead atoms. The van der Waals surface area contributed by atoms with Crippen LogP contribution in [0.5, 0.6) is 0 Å². The van der Waals surface area contributed by atoms with Gasteiger partial charge in [0, 0.05) is 30.6 Å². The summed E-state index contributed by atoms with van der Waals surface area (Å²) in [6.45, 7) is 8.62. The third-order valence-electron chi connectivity index (χ3n) is 5.03. The van der Waals surface area contributed by atoms with E-state index in [-0.39, 0.29) is 5.41 Å². The minimum atomic E-state index is 0.103. The van der Waals surface area contributed by atoms with E-state index in [9.17, 15) is 0 Å². The van der Waals surface area contributed by atoms with E-state index in [0.29, 0.717) is 0 Å². The first-order valence-corrected chi connectivity index (χ1v) is 8.39. The summed E-state index contributed by atoms with van der Waals surface area (Å²) >= 11 is 0. The zero-order valence-electron chi connectivity index (χ0n) is 13.5. The molecule has 0 unspecified atom stereocenters. The Morgan fingerprint density at radius 3 is 3.00 bits per heavy atom. The molecule has 0 radical (unpaired) electrons. The molecule has 1 saturated heterocycles. The second-order valence-electron chi connectivity index (χ2n) is 7.11. The summed E-state index contributed by atoms with van der Waals surface area (Å²) in [4.78, 5) is 11.4. The highest BCUT2D eigenvalue weighted by Gasteiger charge is 2.34. The van der Waals surface area contributed by atoms with Gasteiger partial charge in [0.25, 0.3) is 0 Å². The van der Waals surface area contributed by atoms with Crippen LogP contribution >= 0.6 is 0 Å². The fraction of sp³-hybridized carbons (Fsp3) is 0.647. The van der Waals surface area contributed by atoms with Gasteiger partial charge < -0.3 is 14.6 Å². The Hall–Kier alpha value is -1.62. The third-order valence-corrected chi connectivity index (χ3v) is 5.03. The Kier molecular flexibility index (Phi) is 3.33. The number of rotatable bonds is 1. The molecule has 2 aliphatic rings. The van der Waals surface area contributed by atoms with Crippen LogP contribution in [-0.4, -0.2) is 36.1 Å². The van der Waals surface area contributed by atoms with Crippen molar-refractivity contribution in [3.63, 3.8) is 0 Å². The average Bonchev–Trinajstić information content (AvgIpc) is 2.70. The van der Waals surface area contributed by atoms with Crippen molar-refractivity contribution in [2.24, 2.45) is 0 Å². The molecule has 0 saturated carbocycles. The normalized spacial score (nSPS) is 21.6. The summed E-state index contributed by atoms with van der Waals surface area (Å²) in [7, 11) is 0. The molecule has 0 aromatic carbocycles. The molecule has 4 rings (SSSR count). The molecule has 2 aromatic heterocycles. The first kappa shape index (κ1) is 14.0. The summed E-state index contributed by atoms with van der Waals surface area (Å²) in [6.07, 6.45) is 6.30. The zero-order valence-corrected chi connectivity index (χ0v) is 13.5. The standard InChI is InChI=1S/C17H24N4O/c1-17(2)6-3-5-12-13-14(22-15(12)17)16(20-11-19-13)21-9-4-7-18-8-10-21/h11,18H,3-10H2,1-2H3. The van der Waals surface area contributed by atoms with Crippen LogP contribution in [0.25, 0.3) is 11.1 Å². The molecule has 2 aromatic rings. The quantitative estimate of drug-likeness (QED) is 0.877. The summed E-state index contributed by atoms with van der Waals surface area (Å²) in [5.41, 5.74) is 3.34. The van der Waals surface area contributed by atoms with Crippen LogP contribution in [0.2, 0.25) is 0 Å². The smallest absolute Gasteiger partial charge is 0.195 e. The molecule has 5 nitrogen and oxygen atoms in total. The lowest BCUT2D eigenvalue weighted by molar-refractivity contribution is 0.345. The number of fused-ring (bicyclic) bond motifs is 3. The second kappa shape index (κ2) is 5.23. The molecular formula is C17H24N4O. The summed E-state index contributed by atoms with van der Waals surface area (Å²) < 4.78 is 6.34. The molecule has 3 heterocycles. The minimum absolute atomic E-state index is 0.103. The van der Waals surface area contributed by atoms with Crippen molar-refractivity contribution in [2.75, 3.05) is 31.1 Å². The number of anilines is 1. The van der Waals surface area contributed by atoms with E-state index in [1.165, 1.54) is 18.4 Å². The lowest BCUT2D eigenvalue weighted by Crippen LogP contribution is -2.28. The Morgan fingerprint density at radius 2 is 2.09 bits per heavy atom. The number of furan rings is 1. The van der Waals surface area contributed by atoms with Gasteiger partial charge in [0.1, 0.15) is 17.6 Å². The lowest BCUT2D eigenvalue weighted by Gasteiger charge is -2.27. The lowest BCUT2D eigenvalue weighted by atomic mass is 9.77. The van der Waals surface area contributed by atoms with E-state index in [1.54, 1.807) is 6.33 Å². The number of hydrogen-bond donors (Lipinski definition) is 1. The van der Waals surface area contributed by atoms with E-state index >= 15 is 0 Å². The fourth-order valence-corrected chi connectivity index (χ4v) is 3.83. The van der Waals surface area contributed by atoms with Crippen molar-refractivity contribution >= 4 is 16.9 Å². The van der Waals surface area contributed by atoms with Crippen molar-refractivity contribution in [3.05, 3.63) is 17.7 Å². The number of nitrogens with one attached hydrogen (secondary N) is 1. The monoisotopic (exact) mass is 300 g/mol.